The van der Waals surface area contributed by atoms with Crippen LogP contribution in [0.2, 0.25) is 0 Å². The lowest BCUT2D eigenvalue weighted by molar-refractivity contribution is 0.259. The Kier molecular flexibility index (Phi) is 5.73. The molecule has 1 fully saturated rings. The first-order valence-corrected chi connectivity index (χ1v) is 11.6. The minimum atomic E-state index is -0.0537. The second-order valence-corrected chi connectivity index (χ2v) is 9.60. The second-order valence-electron chi connectivity index (χ2n) is 9.60. The first-order valence-electron chi connectivity index (χ1n) is 11.6. The summed E-state index contributed by atoms with van der Waals surface area (Å²) in [6.45, 7) is 8.22. The Morgan fingerprint density at radius 1 is 1.14 bits per heavy atom. The lowest BCUT2D eigenvalue weighted by atomic mass is 9.79. The average molecular weight is 469 g/mol. The molecular weight excluding hydrogens is 440 g/mol. The van der Waals surface area contributed by atoms with Crippen LogP contribution in [0.15, 0.2) is 48.7 Å². The molecule has 0 radical (unpaired) electrons. The van der Waals surface area contributed by atoms with Gasteiger partial charge in [-0.1, -0.05) is 13.8 Å². The summed E-state index contributed by atoms with van der Waals surface area (Å²) in [7, 11) is 1.66. The SMILES string of the molecule is COc1ccc(-c2cc3ncc(C)c(NC4CCN(c5ccc(C#N)nn5)CC4(C)C)n3n2)cc1. The molecule has 0 amide bonds. The van der Waals surface area contributed by atoms with Crippen molar-refractivity contribution in [3.05, 3.63) is 59.9 Å². The van der Waals surface area contributed by atoms with Gasteiger partial charge in [0, 0.05) is 47.9 Å². The maximum atomic E-state index is 8.99. The number of aromatic nitrogens is 5. The molecule has 1 aliphatic heterocycles. The zero-order valence-electron chi connectivity index (χ0n) is 20.4. The van der Waals surface area contributed by atoms with E-state index >= 15 is 0 Å². The van der Waals surface area contributed by atoms with Crippen LogP contribution in [-0.4, -0.2) is 51.0 Å². The van der Waals surface area contributed by atoms with Crippen molar-refractivity contribution in [3.8, 4) is 23.1 Å². The van der Waals surface area contributed by atoms with Gasteiger partial charge in [-0.3, -0.25) is 0 Å². The smallest absolute Gasteiger partial charge is 0.163 e. The molecule has 3 aromatic heterocycles. The van der Waals surface area contributed by atoms with Crippen LogP contribution in [0.4, 0.5) is 11.6 Å². The van der Waals surface area contributed by atoms with E-state index in [1.807, 2.05) is 53.2 Å². The number of nitriles is 1. The third-order valence-electron chi connectivity index (χ3n) is 6.68. The van der Waals surface area contributed by atoms with Crippen LogP contribution < -0.4 is 15.0 Å². The number of benzene rings is 1. The molecule has 1 N–H and O–H groups in total. The molecule has 1 aliphatic rings. The number of rotatable bonds is 5. The van der Waals surface area contributed by atoms with E-state index in [1.54, 1.807) is 13.2 Å². The van der Waals surface area contributed by atoms with E-state index in [0.717, 1.165) is 59.4 Å². The molecular formula is C26H28N8O. The average Bonchev–Trinajstić information content (AvgIpc) is 3.31. The highest BCUT2D eigenvalue weighted by molar-refractivity contribution is 5.67. The number of nitrogens with zero attached hydrogens (tertiary/aromatic N) is 7. The van der Waals surface area contributed by atoms with Crippen LogP contribution in [0, 0.1) is 23.7 Å². The molecule has 1 saturated heterocycles. The summed E-state index contributed by atoms with van der Waals surface area (Å²) in [6.07, 6.45) is 2.82. The molecule has 0 saturated carbocycles. The van der Waals surface area contributed by atoms with Gasteiger partial charge >= 0.3 is 0 Å². The molecule has 1 atom stereocenters. The molecule has 5 rings (SSSR count). The van der Waals surface area contributed by atoms with Gasteiger partial charge in [-0.2, -0.15) is 14.9 Å². The molecule has 35 heavy (non-hydrogen) atoms. The lowest BCUT2D eigenvalue weighted by Crippen LogP contribution is -2.52. The molecule has 1 unspecified atom stereocenters. The molecule has 4 aromatic rings. The van der Waals surface area contributed by atoms with Crippen LogP contribution in [0.3, 0.4) is 0 Å². The third-order valence-corrected chi connectivity index (χ3v) is 6.68. The summed E-state index contributed by atoms with van der Waals surface area (Å²) in [5.41, 5.74) is 3.99. The zero-order valence-corrected chi connectivity index (χ0v) is 20.4. The Hall–Kier alpha value is -4.19. The van der Waals surface area contributed by atoms with Gasteiger partial charge in [0.25, 0.3) is 0 Å². The standard InChI is InChI=1S/C26H28N8O/c1-17-15-28-24-13-21(18-5-8-20(35-4)9-6-18)32-34(24)25(17)29-22-11-12-33(16-26(22,2)3)23-10-7-19(14-27)30-31-23/h5-10,13,15,22,29H,11-12,16H2,1-4H3. The number of hydrogen-bond donors (Lipinski definition) is 1. The van der Waals surface area contributed by atoms with E-state index < -0.39 is 0 Å². The van der Waals surface area contributed by atoms with Gasteiger partial charge in [-0.25, -0.2) is 4.98 Å². The fourth-order valence-electron chi connectivity index (χ4n) is 4.64. The van der Waals surface area contributed by atoms with E-state index in [0.29, 0.717) is 5.69 Å². The molecule has 4 heterocycles. The zero-order chi connectivity index (χ0) is 24.6. The van der Waals surface area contributed by atoms with E-state index in [4.69, 9.17) is 15.1 Å². The topological polar surface area (TPSA) is 104 Å². The summed E-state index contributed by atoms with van der Waals surface area (Å²) in [5, 5.41) is 25.9. The fourth-order valence-corrected chi connectivity index (χ4v) is 4.64. The predicted molar refractivity (Wildman–Crippen MR) is 134 cm³/mol. The Morgan fingerprint density at radius 3 is 2.60 bits per heavy atom. The van der Waals surface area contributed by atoms with Crippen molar-refractivity contribution >= 4 is 17.3 Å². The largest absolute Gasteiger partial charge is 0.497 e. The number of nitrogens with one attached hydrogen (secondary N) is 1. The highest BCUT2D eigenvalue weighted by Crippen LogP contribution is 2.34. The number of piperidine rings is 1. The second kappa shape index (κ2) is 8.87. The number of ether oxygens (including phenoxy) is 1. The molecule has 0 spiro atoms. The number of aryl methyl sites for hydroxylation is 1. The minimum Gasteiger partial charge on any atom is -0.497 e. The highest BCUT2D eigenvalue weighted by atomic mass is 16.5. The van der Waals surface area contributed by atoms with Crippen molar-refractivity contribution < 1.29 is 4.74 Å². The number of anilines is 2. The number of hydrogen-bond acceptors (Lipinski definition) is 8. The van der Waals surface area contributed by atoms with Crippen LogP contribution in [-0.2, 0) is 0 Å². The van der Waals surface area contributed by atoms with E-state index in [9.17, 15) is 0 Å². The molecule has 9 heteroatoms. The first-order chi connectivity index (χ1) is 16.9. The van der Waals surface area contributed by atoms with Crippen LogP contribution in [0.25, 0.3) is 16.9 Å². The van der Waals surface area contributed by atoms with Gasteiger partial charge in [0.1, 0.15) is 17.6 Å². The third kappa shape index (κ3) is 4.35. The summed E-state index contributed by atoms with van der Waals surface area (Å²) >= 11 is 0. The van der Waals surface area contributed by atoms with Gasteiger partial charge in [0.2, 0.25) is 0 Å². The Bertz CT molecular complexity index is 1390. The van der Waals surface area contributed by atoms with Crippen molar-refractivity contribution in [1.82, 2.24) is 24.8 Å². The molecule has 0 aliphatic carbocycles. The first kappa shape index (κ1) is 22.6. The summed E-state index contributed by atoms with van der Waals surface area (Å²) in [4.78, 5) is 6.84. The molecule has 1 aromatic carbocycles. The van der Waals surface area contributed by atoms with Crippen LogP contribution in [0.1, 0.15) is 31.5 Å². The number of methoxy groups -OCH3 is 1. The Labute approximate surface area is 204 Å². The van der Waals surface area contributed by atoms with Gasteiger partial charge in [0.15, 0.2) is 17.2 Å². The predicted octanol–water partition coefficient (Wildman–Crippen LogP) is 4.09. The molecule has 0 bridgehead atoms. The Morgan fingerprint density at radius 2 is 1.94 bits per heavy atom. The van der Waals surface area contributed by atoms with Crippen molar-refractivity contribution in [2.24, 2.45) is 5.41 Å². The van der Waals surface area contributed by atoms with Gasteiger partial charge in [-0.05, 0) is 49.7 Å². The lowest BCUT2D eigenvalue weighted by Gasteiger charge is -2.45. The van der Waals surface area contributed by atoms with E-state index in [-0.39, 0.29) is 11.5 Å². The van der Waals surface area contributed by atoms with Crippen molar-refractivity contribution in [2.75, 3.05) is 30.4 Å². The maximum absolute atomic E-state index is 8.99. The van der Waals surface area contributed by atoms with Crippen molar-refractivity contribution in [1.29, 1.82) is 5.26 Å². The van der Waals surface area contributed by atoms with E-state index in [1.165, 1.54) is 0 Å². The van der Waals surface area contributed by atoms with Crippen LogP contribution in [0.5, 0.6) is 5.75 Å². The normalized spacial score (nSPS) is 17.2. The highest BCUT2D eigenvalue weighted by Gasteiger charge is 2.37. The van der Waals surface area contributed by atoms with Crippen molar-refractivity contribution in [3.63, 3.8) is 0 Å². The molecule has 178 valence electrons. The molecule has 9 nitrogen and oxygen atoms in total. The quantitative estimate of drug-likeness (QED) is 0.467. The monoisotopic (exact) mass is 468 g/mol. The fraction of sp³-hybridized carbons (Fsp3) is 0.346. The summed E-state index contributed by atoms with van der Waals surface area (Å²) in [5.74, 6) is 2.57. The van der Waals surface area contributed by atoms with Crippen molar-refractivity contribution in [2.45, 2.75) is 33.2 Å². The van der Waals surface area contributed by atoms with Gasteiger partial charge < -0.3 is 15.0 Å². The van der Waals surface area contributed by atoms with Gasteiger partial charge in [0.05, 0.1) is 12.8 Å². The summed E-state index contributed by atoms with van der Waals surface area (Å²) < 4.78 is 7.18. The van der Waals surface area contributed by atoms with Gasteiger partial charge in [-0.15, -0.1) is 10.2 Å². The minimum absolute atomic E-state index is 0.0537. The Balaban J connectivity index is 1.40. The summed E-state index contributed by atoms with van der Waals surface area (Å²) in [6, 6.07) is 15.7. The maximum Gasteiger partial charge on any atom is 0.163 e. The van der Waals surface area contributed by atoms with E-state index in [2.05, 4.69) is 46.2 Å². The number of fused-ring (bicyclic) bond motifs is 1. The van der Waals surface area contributed by atoms with Crippen LogP contribution >= 0.6 is 0 Å².